The highest BCUT2D eigenvalue weighted by molar-refractivity contribution is 5.95. The second-order valence-electron chi connectivity index (χ2n) is 16.6. The Balaban J connectivity index is 1.54. The van der Waals surface area contributed by atoms with E-state index in [4.69, 9.17) is 0 Å². The summed E-state index contributed by atoms with van der Waals surface area (Å²) in [5.41, 5.74) is 4.55. The Morgan fingerprint density at radius 2 is 0.979 bits per heavy atom. The summed E-state index contributed by atoms with van der Waals surface area (Å²) < 4.78 is 0. The first-order valence-corrected chi connectivity index (χ1v) is 20.1. The van der Waals surface area contributed by atoms with Gasteiger partial charge < -0.3 is 10.2 Å². The molecule has 272 valence electrons. The van der Waals surface area contributed by atoms with Gasteiger partial charge in [0, 0.05) is 16.3 Å². The fraction of sp³-hybridized carbons (Fsp3) is 0.696. The van der Waals surface area contributed by atoms with E-state index in [-0.39, 0.29) is 5.75 Å². The molecule has 0 aliphatic rings. The number of benzene rings is 2. The van der Waals surface area contributed by atoms with Gasteiger partial charge in [0.05, 0.1) is 0 Å². The van der Waals surface area contributed by atoms with Crippen LogP contribution in [0.5, 0.6) is 11.5 Å². The van der Waals surface area contributed by atoms with Crippen molar-refractivity contribution in [1.82, 2.24) is 0 Å². The van der Waals surface area contributed by atoms with E-state index < -0.39 is 0 Å². The van der Waals surface area contributed by atoms with Crippen LogP contribution < -0.4 is 0 Å². The highest BCUT2D eigenvalue weighted by Gasteiger charge is 2.15. The molecule has 0 radical (unpaired) electrons. The van der Waals surface area contributed by atoms with Gasteiger partial charge in [0.25, 0.3) is 0 Å². The zero-order chi connectivity index (χ0) is 35.5. The Kier molecular flexibility index (Phi) is 20.3. The molecule has 4 atom stereocenters. The maximum atomic E-state index is 10.9. The van der Waals surface area contributed by atoms with Crippen LogP contribution in [0.25, 0.3) is 10.8 Å². The van der Waals surface area contributed by atoms with E-state index in [1.165, 1.54) is 108 Å². The Bertz CT molecular complexity index is 1230. The second kappa shape index (κ2) is 23.2. The molecular formula is C46H76O2. The number of hydrogen-bond acceptors (Lipinski definition) is 2. The molecule has 2 N–H and O–H groups in total. The molecule has 0 amide bonds. The molecule has 0 saturated carbocycles. The van der Waals surface area contributed by atoms with Crippen LogP contribution in [-0.2, 0) is 6.42 Å². The molecule has 0 aliphatic carbocycles. The van der Waals surface area contributed by atoms with Crippen molar-refractivity contribution >= 4 is 10.8 Å². The van der Waals surface area contributed by atoms with Crippen molar-refractivity contribution in [3.8, 4) is 11.5 Å². The first kappa shape index (κ1) is 41.9. The average Bonchev–Trinajstić information content (AvgIpc) is 3.03. The minimum absolute atomic E-state index is 0.284. The smallest absolute Gasteiger partial charge is 0.127 e. The SMILES string of the molecule is C/C(=C\Cc1c(C)c(O)c2ccccc2c1O)CCCC(C)CC/C=C(\C)CCCC(C)CCCC(C)CCCC(C)CCCC(C)C. The number of aromatic hydroxyl groups is 2. The summed E-state index contributed by atoms with van der Waals surface area (Å²) in [6, 6.07) is 7.54. The van der Waals surface area contributed by atoms with E-state index in [2.05, 4.69) is 67.5 Å². The van der Waals surface area contributed by atoms with Crippen LogP contribution in [-0.4, -0.2) is 10.2 Å². The van der Waals surface area contributed by atoms with Crippen molar-refractivity contribution in [3.63, 3.8) is 0 Å². The van der Waals surface area contributed by atoms with Gasteiger partial charge in [0.2, 0.25) is 0 Å². The van der Waals surface area contributed by atoms with Crippen LogP contribution in [0.15, 0.2) is 47.6 Å². The minimum Gasteiger partial charge on any atom is -0.507 e. The van der Waals surface area contributed by atoms with Gasteiger partial charge in [-0.3, -0.25) is 0 Å². The number of phenolic OH excluding ortho intramolecular Hbond substituents is 2. The quantitative estimate of drug-likeness (QED) is 0.0822. The van der Waals surface area contributed by atoms with Gasteiger partial charge in [-0.25, -0.2) is 0 Å². The number of fused-ring (bicyclic) bond motifs is 1. The van der Waals surface area contributed by atoms with Crippen molar-refractivity contribution in [1.29, 1.82) is 0 Å². The zero-order valence-corrected chi connectivity index (χ0v) is 33.0. The van der Waals surface area contributed by atoms with Crippen molar-refractivity contribution in [2.75, 3.05) is 0 Å². The number of rotatable bonds is 25. The third-order valence-electron chi connectivity index (χ3n) is 11.1. The summed E-state index contributed by atoms with van der Waals surface area (Å²) in [6.07, 6.45) is 28.1. The maximum absolute atomic E-state index is 10.9. The fourth-order valence-corrected chi connectivity index (χ4v) is 7.47. The van der Waals surface area contributed by atoms with Crippen molar-refractivity contribution in [2.24, 2.45) is 29.6 Å². The van der Waals surface area contributed by atoms with Gasteiger partial charge in [-0.1, -0.05) is 160 Å². The lowest BCUT2D eigenvalue weighted by atomic mass is 9.90. The average molecular weight is 661 g/mol. The van der Waals surface area contributed by atoms with Crippen LogP contribution >= 0.6 is 0 Å². The topological polar surface area (TPSA) is 40.5 Å². The van der Waals surface area contributed by atoms with Crippen molar-refractivity contribution in [3.05, 3.63) is 58.7 Å². The van der Waals surface area contributed by atoms with E-state index in [0.29, 0.717) is 12.2 Å². The Hall–Kier alpha value is -2.22. The van der Waals surface area contributed by atoms with E-state index >= 15 is 0 Å². The molecule has 2 nitrogen and oxygen atoms in total. The molecule has 48 heavy (non-hydrogen) atoms. The van der Waals surface area contributed by atoms with Crippen LogP contribution in [0.1, 0.15) is 176 Å². The predicted octanol–water partition coefficient (Wildman–Crippen LogP) is 14.8. The molecule has 0 saturated heterocycles. The summed E-state index contributed by atoms with van der Waals surface area (Å²) >= 11 is 0. The van der Waals surface area contributed by atoms with E-state index in [1.54, 1.807) is 5.57 Å². The Morgan fingerprint density at radius 1 is 0.562 bits per heavy atom. The summed E-state index contributed by atoms with van der Waals surface area (Å²) in [6.45, 7) is 21.0. The maximum Gasteiger partial charge on any atom is 0.127 e. The second-order valence-corrected chi connectivity index (χ2v) is 16.6. The Labute approximate surface area is 297 Å². The largest absolute Gasteiger partial charge is 0.507 e. The third kappa shape index (κ3) is 16.5. The molecule has 0 aromatic heterocycles. The summed E-state index contributed by atoms with van der Waals surface area (Å²) in [7, 11) is 0. The number of hydrogen-bond donors (Lipinski definition) is 2. The van der Waals surface area contributed by atoms with Gasteiger partial charge >= 0.3 is 0 Å². The minimum atomic E-state index is 0.284. The Morgan fingerprint density at radius 3 is 1.48 bits per heavy atom. The monoisotopic (exact) mass is 661 g/mol. The van der Waals surface area contributed by atoms with Crippen molar-refractivity contribution in [2.45, 2.75) is 178 Å². The molecule has 4 unspecified atom stereocenters. The molecular weight excluding hydrogens is 585 g/mol. The molecule has 0 fully saturated rings. The zero-order valence-electron chi connectivity index (χ0n) is 33.0. The lowest BCUT2D eigenvalue weighted by Crippen LogP contribution is -2.01. The van der Waals surface area contributed by atoms with Gasteiger partial charge in [0.15, 0.2) is 0 Å². The summed E-state index contributed by atoms with van der Waals surface area (Å²) in [5.74, 6) is 4.85. The van der Waals surface area contributed by atoms with Crippen LogP contribution in [0.4, 0.5) is 0 Å². The molecule has 0 spiro atoms. The first-order valence-electron chi connectivity index (χ1n) is 20.1. The fourth-order valence-electron chi connectivity index (χ4n) is 7.47. The normalized spacial score (nSPS) is 15.3. The highest BCUT2D eigenvalue weighted by Crippen LogP contribution is 2.39. The molecule has 2 aromatic rings. The van der Waals surface area contributed by atoms with E-state index in [9.17, 15) is 10.2 Å². The van der Waals surface area contributed by atoms with E-state index in [1.807, 2.05) is 31.2 Å². The van der Waals surface area contributed by atoms with Gasteiger partial charge in [-0.15, -0.1) is 0 Å². The number of phenols is 2. The highest BCUT2D eigenvalue weighted by atomic mass is 16.3. The van der Waals surface area contributed by atoms with Crippen molar-refractivity contribution < 1.29 is 10.2 Å². The predicted molar refractivity (Wildman–Crippen MR) is 213 cm³/mol. The molecule has 0 aliphatic heterocycles. The lowest BCUT2D eigenvalue weighted by molar-refractivity contribution is 0.372. The molecule has 0 bridgehead atoms. The van der Waals surface area contributed by atoms with E-state index in [0.717, 1.165) is 57.9 Å². The van der Waals surface area contributed by atoms with Gasteiger partial charge in [-0.2, -0.15) is 0 Å². The van der Waals surface area contributed by atoms with Crippen LogP contribution in [0.2, 0.25) is 0 Å². The third-order valence-corrected chi connectivity index (χ3v) is 11.1. The standard InChI is InChI=1S/C46H76O2/c1-34(2)18-12-19-35(3)20-13-21-36(4)22-14-23-37(5)24-15-25-38(6)26-16-27-39(7)28-17-29-40(8)32-33-42-41(9)45(47)43-30-10-11-31-44(43)46(42)48/h10-11,26,30-32,34-37,39,47-48H,12-25,27-29,33H2,1-9H3/b38-26+,40-32+. The van der Waals surface area contributed by atoms with Crippen LogP contribution in [0, 0.1) is 36.5 Å². The molecule has 2 aromatic carbocycles. The summed E-state index contributed by atoms with van der Waals surface area (Å²) in [4.78, 5) is 0. The van der Waals surface area contributed by atoms with Gasteiger partial charge in [0.1, 0.15) is 11.5 Å². The molecule has 2 rings (SSSR count). The first-order chi connectivity index (χ1) is 22.9. The van der Waals surface area contributed by atoms with Gasteiger partial charge in [-0.05, 0) is 101 Å². The van der Waals surface area contributed by atoms with Crippen LogP contribution in [0.3, 0.4) is 0 Å². The lowest BCUT2D eigenvalue weighted by Gasteiger charge is -2.16. The molecule has 2 heteroatoms. The number of allylic oxidation sites excluding steroid dienone is 4. The summed E-state index contributed by atoms with van der Waals surface area (Å²) in [5, 5.41) is 23.0. The molecule has 0 heterocycles.